The fourth-order valence-corrected chi connectivity index (χ4v) is 8.67. The lowest BCUT2D eigenvalue weighted by molar-refractivity contribution is 0.592. The Morgan fingerprint density at radius 1 is 0.568 bits per heavy atom. The van der Waals surface area contributed by atoms with E-state index in [1.807, 2.05) is 72.8 Å². The van der Waals surface area contributed by atoms with E-state index in [2.05, 4.69) is 77.3 Å². The van der Waals surface area contributed by atoms with E-state index in [1.165, 1.54) is 5.39 Å². The van der Waals surface area contributed by atoms with Crippen LogP contribution >= 0.6 is 7.14 Å². The summed E-state index contributed by atoms with van der Waals surface area (Å²) < 4.78 is 18.0. The Labute approximate surface area is 216 Å². The molecule has 4 aromatic carbocycles. The number of hydrogen-bond donors (Lipinski definition) is 0. The first-order valence-corrected chi connectivity index (χ1v) is 14.2. The van der Waals surface area contributed by atoms with Gasteiger partial charge in [-0.15, -0.1) is 0 Å². The third-order valence-electron chi connectivity index (χ3n) is 7.24. The Morgan fingerprint density at radius 2 is 1.14 bits per heavy atom. The van der Waals surface area contributed by atoms with Gasteiger partial charge in [0.25, 0.3) is 0 Å². The van der Waals surface area contributed by atoms with E-state index in [1.54, 1.807) is 0 Å². The second kappa shape index (κ2) is 8.62. The summed E-state index contributed by atoms with van der Waals surface area (Å²) in [4.78, 5) is 0. The van der Waals surface area contributed by atoms with Crippen molar-refractivity contribution in [3.8, 4) is 22.4 Å². The van der Waals surface area contributed by atoms with E-state index in [4.69, 9.17) is 0 Å². The highest BCUT2D eigenvalue weighted by Gasteiger charge is 2.37. The van der Waals surface area contributed by atoms with Gasteiger partial charge in [0.1, 0.15) is 0 Å². The minimum absolute atomic E-state index is 0.839. The summed E-state index contributed by atoms with van der Waals surface area (Å²) in [6.45, 7) is 0. The molecule has 0 unspecified atom stereocenters. The molecule has 0 amide bonds. The van der Waals surface area contributed by atoms with Gasteiger partial charge in [-0.1, -0.05) is 121 Å². The number of nitrogens with zero attached hydrogens (tertiary/aromatic N) is 1. The molecule has 0 bridgehead atoms. The van der Waals surface area contributed by atoms with Crippen LogP contribution in [-0.4, -0.2) is 4.40 Å². The molecule has 0 spiro atoms. The van der Waals surface area contributed by atoms with E-state index in [0.29, 0.717) is 0 Å². The van der Waals surface area contributed by atoms with Crippen molar-refractivity contribution in [3.05, 3.63) is 146 Å². The van der Waals surface area contributed by atoms with Crippen LogP contribution in [0.1, 0.15) is 0 Å². The third-order valence-corrected chi connectivity index (χ3v) is 10.4. The van der Waals surface area contributed by atoms with E-state index in [0.717, 1.165) is 49.2 Å². The average Bonchev–Trinajstić information content (AvgIpc) is 3.35. The summed E-state index contributed by atoms with van der Waals surface area (Å²) in [6, 6.07) is 47.4. The Balaban J connectivity index is 1.74. The molecule has 0 fully saturated rings. The Kier molecular flexibility index (Phi) is 5.09. The number of pyridine rings is 2. The van der Waals surface area contributed by atoms with Gasteiger partial charge in [0, 0.05) is 22.4 Å². The van der Waals surface area contributed by atoms with Gasteiger partial charge < -0.3 is 8.97 Å². The maximum absolute atomic E-state index is 15.8. The highest BCUT2D eigenvalue weighted by molar-refractivity contribution is 7.86. The quantitative estimate of drug-likeness (QED) is 0.233. The van der Waals surface area contributed by atoms with Crippen molar-refractivity contribution in [1.29, 1.82) is 0 Å². The number of aromatic nitrogens is 1. The molecule has 3 heteroatoms. The summed E-state index contributed by atoms with van der Waals surface area (Å²) >= 11 is 0. The molecule has 0 N–H and O–H groups in total. The summed E-state index contributed by atoms with van der Waals surface area (Å²) in [5.74, 6) is 0. The van der Waals surface area contributed by atoms with Gasteiger partial charge in [-0.25, -0.2) is 0 Å². The van der Waals surface area contributed by atoms with Crippen LogP contribution in [0.4, 0.5) is 0 Å². The zero-order chi connectivity index (χ0) is 24.8. The Hall–Kier alpha value is -4.39. The number of fused-ring (bicyclic) bond motifs is 4. The minimum Gasteiger partial charge on any atom is -0.315 e. The first-order chi connectivity index (χ1) is 18.3. The standard InChI is InChI=1S/C34H24NOP/c36-37(27-17-6-2-7-18-27,28-19-8-3-9-20-28)34-30-24-26-16-10-11-21-29(26)32(30)33(25-14-4-1-5-15-25)35-23-13-12-22-31(34)35/h1-24H. The first-order valence-electron chi connectivity index (χ1n) is 12.5. The van der Waals surface area contributed by atoms with E-state index in [-0.39, 0.29) is 0 Å². The Bertz CT molecular complexity index is 1850. The highest BCUT2D eigenvalue weighted by atomic mass is 31.2. The van der Waals surface area contributed by atoms with Gasteiger partial charge in [-0.2, -0.15) is 0 Å². The topological polar surface area (TPSA) is 21.5 Å². The minimum atomic E-state index is -3.25. The van der Waals surface area contributed by atoms with Crippen molar-refractivity contribution in [1.82, 2.24) is 4.40 Å². The molecule has 2 aliphatic rings. The van der Waals surface area contributed by atoms with Crippen LogP contribution in [-0.2, 0) is 4.57 Å². The SMILES string of the molecule is O=P(c1ccccc1)(c1ccccc1)c1c2cc3ccccc3c-2c(-c2ccccc2)n2ccccc12. The van der Waals surface area contributed by atoms with Crippen molar-refractivity contribution < 1.29 is 4.57 Å². The second-order valence-electron chi connectivity index (χ2n) is 9.32. The van der Waals surface area contributed by atoms with Gasteiger partial charge in [-0.3, -0.25) is 0 Å². The van der Waals surface area contributed by atoms with Crippen LogP contribution in [0.25, 0.3) is 38.7 Å². The van der Waals surface area contributed by atoms with Gasteiger partial charge in [0.2, 0.25) is 0 Å². The van der Waals surface area contributed by atoms with Crippen molar-refractivity contribution in [2.24, 2.45) is 0 Å². The summed E-state index contributed by atoms with van der Waals surface area (Å²) in [6.07, 6.45) is 2.10. The molecule has 0 saturated heterocycles. The molecule has 0 atom stereocenters. The first kappa shape index (κ1) is 21.9. The van der Waals surface area contributed by atoms with Crippen molar-refractivity contribution in [2.75, 3.05) is 0 Å². The predicted octanol–water partition coefficient (Wildman–Crippen LogP) is 7.50. The van der Waals surface area contributed by atoms with E-state index >= 15 is 4.57 Å². The third kappa shape index (κ3) is 3.30. The summed E-state index contributed by atoms with van der Waals surface area (Å²) in [7, 11) is -3.25. The normalized spacial score (nSPS) is 11.9. The molecule has 2 heterocycles. The lowest BCUT2D eigenvalue weighted by atomic mass is 9.98. The zero-order valence-corrected chi connectivity index (χ0v) is 21.1. The number of benzene rings is 4. The molecule has 1 aliphatic carbocycles. The number of hydrogen-bond acceptors (Lipinski definition) is 1. The lowest BCUT2D eigenvalue weighted by Gasteiger charge is -2.27. The maximum atomic E-state index is 15.8. The summed E-state index contributed by atoms with van der Waals surface area (Å²) in [5.41, 5.74) is 5.38. The number of rotatable bonds is 4. The monoisotopic (exact) mass is 493 g/mol. The van der Waals surface area contributed by atoms with Gasteiger partial charge >= 0.3 is 0 Å². The molecular weight excluding hydrogens is 469 g/mol. The molecule has 0 saturated carbocycles. The molecule has 7 rings (SSSR count). The van der Waals surface area contributed by atoms with Crippen molar-refractivity contribution in [3.63, 3.8) is 0 Å². The lowest BCUT2D eigenvalue weighted by Crippen LogP contribution is -2.28. The maximum Gasteiger partial charge on any atom is 0.173 e. The largest absolute Gasteiger partial charge is 0.315 e. The molecule has 5 aromatic rings. The molecule has 0 radical (unpaired) electrons. The van der Waals surface area contributed by atoms with Crippen LogP contribution in [0.3, 0.4) is 0 Å². The molecule has 37 heavy (non-hydrogen) atoms. The molecule has 176 valence electrons. The fraction of sp³-hybridized carbons (Fsp3) is 0. The van der Waals surface area contributed by atoms with Crippen molar-refractivity contribution >= 4 is 39.3 Å². The van der Waals surface area contributed by atoms with Crippen LogP contribution in [0, 0.1) is 0 Å². The Morgan fingerprint density at radius 3 is 1.81 bits per heavy atom. The van der Waals surface area contributed by atoms with Crippen molar-refractivity contribution in [2.45, 2.75) is 0 Å². The molecule has 1 aliphatic heterocycles. The molecular formula is C34H24NOP. The van der Waals surface area contributed by atoms with E-state index < -0.39 is 7.14 Å². The fourth-order valence-electron chi connectivity index (χ4n) is 5.65. The second-order valence-corrected chi connectivity index (χ2v) is 12.0. The molecule has 2 nitrogen and oxygen atoms in total. The van der Waals surface area contributed by atoms with Crippen LogP contribution in [0.2, 0.25) is 0 Å². The smallest absolute Gasteiger partial charge is 0.173 e. The summed E-state index contributed by atoms with van der Waals surface area (Å²) in [5, 5.41) is 4.89. The van der Waals surface area contributed by atoms with Gasteiger partial charge in [0.15, 0.2) is 7.14 Å². The average molecular weight is 494 g/mol. The van der Waals surface area contributed by atoms with E-state index in [9.17, 15) is 0 Å². The van der Waals surface area contributed by atoms with Gasteiger partial charge in [-0.05, 0) is 40.1 Å². The van der Waals surface area contributed by atoms with Crippen LogP contribution in [0.5, 0.6) is 0 Å². The highest BCUT2D eigenvalue weighted by Crippen LogP contribution is 2.51. The van der Waals surface area contributed by atoms with Crippen LogP contribution < -0.4 is 15.9 Å². The zero-order valence-electron chi connectivity index (χ0n) is 20.2. The predicted molar refractivity (Wildman–Crippen MR) is 156 cm³/mol. The molecule has 1 aromatic heterocycles. The van der Waals surface area contributed by atoms with Gasteiger partial charge in [0.05, 0.1) is 16.5 Å². The van der Waals surface area contributed by atoms with Crippen LogP contribution in [0.15, 0.2) is 146 Å².